The minimum absolute atomic E-state index is 0.00482. The fraction of sp³-hybridized carbons (Fsp3) is 0.357. The maximum absolute atomic E-state index is 13.5. The van der Waals surface area contributed by atoms with Gasteiger partial charge in [0.15, 0.2) is 5.78 Å². The van der Waals surface area contributed by atoms with Crippen LogP contribution in [0.1, 0.15) is 56.6 Å². The van der Waals surface area contributed by atoms with Gasteiger partial charge in [0.2, 0.25) is 0 Å². The molecule has 0 bridgehead atoms. The van der Waals surface area contributed by atoms with Crippen molar-refractivity contribution in [2.45, 2.75) is 45.4 Å². The summed E-state index contributed by atoms with van der Waals surface area (Å²) in [6, 6.07) is 14.4. The SMILES string of the molecule is CCN(CC)c1ccc([C@@H]2C(C(=O)OC)=C(C)NC3=C2C(=O)C[C@@H](c2ccc(F)cc2)C3)cc1. The van der Waals surface area contributed by atoms with E-state index in [1.165, 1.54) is 19.2 Å². The van der Waals surface area contributed by atoms with Crippen molar-refractivity contribution in [1.29, 1.82) is 0 Å². The van der Waals surface area contributed by atoms with Crippen molar-refractivity contribution in [2.24, 2.45) is 0 Å². The number of methoxy groups -OCH3 is 1. The van der Waals surface area contributed by atoms with Crippen LogP contribution in [-0.2, 0) is 14.3 Å². The molecule has 0 spiro atoms. The lowest BCUT2D eigenvalue weighted by molar-refractivity contribution is -0.136. The van der Waals surface area contributed by atoms with Gasteiger partial charge < -0.3 is 15.0 Å². The maximum Gasteiger partial charge on any atom is 0.336 e. The summed E-state index contributed by atoms with van der Waals surface area (Å²) >= 11 is 0. The second-order valence-corrected chi connectivity index (χ2v) is 8.82. The number of ketones is 1. The van der Waals surface area contributed by atoms with Crippen molar-refractivity contribution < 1.29 is 18.7 Å². The zero-order valence-electron chi connectivity index (χ0n) is 20.2. The van der Waals surface area contributed by atoms with Gasteiger partial charge in [-0.3, -0.25) is 4.79 Å². The number of anilines is 1. The summed E-state index contributed by atoms with van der Waals surface area (Å²) in [5.41, 5.74) is 5.53. The normalized spacial score (nSPS) is 20.1. The van der Waals surface area contributed by atoms with Crippen LogP contribution in [0.4, 0.5) is 10.1 Å². The van der Waals surface area contributed by atoms with Gasteiger partial charge in [0.1, 0.15) is 5.82 Å². The number of carbonyl (C=O) groups is 2. The van der Waals surface area contributed by atoms with E-state index in [4.69, 9.17) is 4.74 Å². The molecule has 178 valence electrons. The molecule has 0 amide bonds. The molecule has 1 heterocycles. The van der Waals surface area contributed by atoms with Crippen molar-refractivity contribution in [3.05, 3.63) is 88.0 Å². The largest absolute Gasteiger partial charge is 0.466 e. The average molecular weight is 463 g/mol. The minimum Gasteiger partial charge on any atom is -0.466 e. The van der Waals surface area contributed by atoms with Crippen LogP contribution in [0.3, 0.4) is 0 Å². The van der Waals surface area contributed by atoms with Gasteiger partial charge in [-0.2, -0.15) is 0 Å². The Morgan fingerprint density at radius 1 is 1.03 bits per heavy atom. The van der Waals surface area contributed by atoms with Gasteiger partial charge in [0.25, 0.3) is 0 Å². The summed E-state index contributed by atoms with van der Waals surface area (Å²) in [5.74, 6) is -1.28. The molecule has 6 heteroatoms. The van der Waals surface area contributed by atoms with Crippen LogP contribution in [0.25, 0.3) is 0 Å². The monoisotopic (exact) mass is 462 g/mol. The quantitative estimate of drug-likeness (QED) is 0.598. The van der Waals surface area contributed by atoms with E-state index >= 15 is 0 Å². The summed E-state index contributed by atoms with van der Waals surface area (Å²) < 4.78 is 18.5. The van der Waals surface area contributed by atoms with Gasteiger partial charge in [0, 0.05) is 48.1 Å². The first-order chi connectivity index (χ1) is 16.4. The Labute approximate surface area is 200 Å². The highest BCUT2D eigenvalue weighted by Gasteiger charge is 2.41. The van der Waals surface area contributed by atoms with Crippen LogP contribution in [0, 0.1) is 5.82 Å². The highest BCUT2D eigenvalue weighted by atomic mass is 19.1. The van der Waals surface area contributed by atoms with Crippen LogP contribution < -0.4 is 10.2 Å². The lowest BCUT2D eigenvalue weighted by Gasteiger charge is -2.36. The second kappa shape index (κ2) is 9.84. The number of hydrogen-bond acceptors (Lipinski definition) is 5. The molecule has 0 radical (unpaired) electrons. The lowest BCUT2D eigenvalue weighted by Crippen LogP contribution is -2.36. The predicted molar refractivity (Wildman–Crippen MR) is 131 cm³/mol. The molecule has 2 aromatic carbocycles. The van der Waals surface area contributed by atoms with E-state index < -0.39 is 11.9 Å². The molecule has 2 aromatic rings. The Hall–Kier alpha value is -3.41. The van der Waals surface area contributed by atoms with E-state index in [1.807, 2.05) is 31.2 Å². The highest BCUT2D eigenvalue weighted by Crippen LogP contribution is 2.45. The Morgan fingerprint density at radius 2 is 1.65 bits per heavy atom. The molecule has 0 unspecified atom stereocenters. The van der Waals surface area contributed by atoms with Gasteiger partial charge in [-0.25, -0.2) is 9.18 Å². The van der Waals surface area contributed by atoms with Gasteiger partial charge in [0.05, 0.1) is 12.7 Å². The first-order valence-electron chi connectivity index (χ1n) is 11.8. The summed E-state index contributed by atoms with van der Waals surface area (Å²) in [5, 5.41) is 3.33. The molecule has 34 heavy (non-hydrogen) atoms. The molecule has 0 aromatic heterocycles. The third-order valence-electron chi connectivity index (χ3n) is 6.93. The first kappa shape index (κ1) is 23.7. The number of halogens is 1. The Morgan fingerprint density at radius 3 is 2.24 bits per heavy atom. The van der Waals surface area contributed by atoms with E-state index in [1.54, 1.807) is 12.1 Å². The van der Waals surface area contributed by atoms with Crippen LogP contribution in [0.5, 0.6) is 0 Å². The minimum atomic E-state index is -0.490. The molecule has 0 fully saturated rings. The number of nitrogens with zero attached hydrogens (tertiary/aromatic N) is 1. The Balaban J connectivity index is 1.76. The number of ether oxygens (including phenoxy) is 1. The Kier molecular flexibility index (Phi) is 6.87. The third kappa shape index (κ3) is 4.37. The fourth-order valence-electron chi connectivity index (χ4n) is 5.19. The fourth-order valence-corrected chi connectivity index (χ4v) is 5.19. The third-order valence-corrected chi connectivity index (χ3v) is 6.93. The van der Waals surface area contributed by atoms with E-state index in [0.29, 0.717) is 29.7 Å². The molecule has 1 aliphatic heterocycles. The number of carbonyl (C=O) groups excluding carboxylic acids is 2. The van der Waals surface area contributed by atoms with E-state index in [2.05, 4.69) is 24.1 Å². The van der Waals surface area contributed by atoms with Crippen LogP contribution in [0.2, 0.25) is 0 Å². The predicted octanol–water partition coefficient (Wildman–Crippen LogP) is 5.21. The first-order valence-corrected chi connectivity index (χ1v) is 11.8. The number of esters is 1. The molecule has 2 aliphatic rings. The smallest absolute Gasteiger partial charge is 0.336 e. The molecule has 5 nitrogen and oxygen atoms in total. The number of hydrogen-bond donors (Lipinski definition) is 1. The summed E-state index contributed by atoms with van der Waals surface area (Å²) in [4.78, 5) is 28.6. The van der Waals surface area contributed by atoms with Gasteiger partial charge in [-0.05, 0) is 68.5 Å². The zero-order chi connectivity index (χ0) is 24.4. The number of nitrogens with one attached hydrogen (secondary N) is 1. The summed E-state index contributed by atoms with van der Waals surface area (Å²) in [7, 11) is 1.36. The molecule has 0 saturated heterocycles. The number of allylic oxidation sites excluding steroid dienone is 3. The van der Waals surface area contributed by atoms with Crippen molar-refractivity contribution in [3.8, 4) is 0 Å². The summed E-state index contributed by atoms with van der Waals surface area (Å²) in [6.07, 6.45) is 0.931. The summed E-state index contributed by atoms with van der Waals surface area (Å²) in [6.45, 7) is 7.86. The zero-order valence-corrected chi connectivity index (χ0v) is 20.2. The standard InChI is InChI=1S/C28H31FN2O3/c1-5-31(6-2)22-13-9-19(10-14-22)26-25(28(33)34-4)17(3)30-23-15-20(16-24(32)27(23)26)18-7-11-21(29)12-8-18/h7-14,20,26,30H,5-6,15-16H2,1-4H3/t20-,26+/m0/s1. The van der Waals surface area contributed by atoms with Crippen LogP contribution >= 0.6 is 0 Å². The average Bonchev–Trinajstić information content (AvgIpc) is 2.84. The maximum atomic E-state index is 13.5. The van der Waals surface area contributed by atoms with E-state index in [9.17, 15) is 14.0 Å². The molecular formula is C28H31FN2O3. The number of benzene rings is 2. The molecule has 0 saturated carbocycles. The topological polar surface area (TPSA) is 58.6 Å². The highest BCUT2D eigenvalue weighted by molar-refractivity contribution is 6.04. The van der Waals surface area contributed by atoms with Crippen molar-refractivity contribution in [3.63, 3.8) is 0 Å². The van der Waals surface area contributed by atoms with Crippen molar-refractivity contribution in [2.75, 3.05) is 25.1 Å². The van der Waals surface area contributed by atoms with E-state index in [0.717, 1.165) is 35.6 Å². The second-order valence-electron chi connectivity index (χ2n) is 8.82. The van der Waals surface area contributed by atoms with E-state index in [-0.39, 0.29) is 17.5 Å². The van der Waals surface area contributed by atoms with Gasteiger partial charge >= 0.3 is 5.97 Å². The van der Waals surface area contributed by atoms with Gasteiger partial charge in [-0.1, -0.05) is 24.3 Å². The van der Waals surface area contributed by atoms with Crippen molar-refractivity contribution >= 4 is 17.4 Å². The number of Topliss-reactive ketones (excluding diaryl/α,β-unsaturated/α-hetero) is 1. The lowest BCUT2D eigenvalue weighted by atomic mass is 9.71. The molecule has 1 aliphatic carbocycles. The van der Waals surface area contributed by atoms with Crippen molar-refractivity contribution in [1.82, 2.24) is 5.32 Å². The molecule has 2 atom stereocenters. The molecule has 4 rings (SSSR count). The molecule has 1 N–H and O–H groups in total. The van der Waals surface area contributed by atoms with Gasteiger partial charge in [-0.15, -0.1) is 0 Å². The molecular weight excluding hydrogens is 431 g/mol. The number of dihydropyridines is 1. The van der Waals surface area contributed by atoms with Crippen LogP contribution in [0.15, 0.2) is 71.1 Å². The number of rotatable bonds is 6. The van der Waals surface area contributed by atoms with Crippen LogP contribution in [-0.4, -0.2) is 32.0 Å². The Bertz CT molecular complexity index is 1150.